The van der Waals surface area contributed by atoms with E-state index in [9.17, 15) is 0 Å². The number of para-hydroxylation sites is 1. The van der Waals surface area contributed by atoms with E-state index in [-0.39, 0.29) is 0 Å². The smallest absolute Gasteiger partial charge is 0.206 e. The molecule has 2 heterocycles. The molecule has 0 fully saturated rings. The minimum Gasteiger partial charge on any atom is -0.454 e. The van der Waals surface area contributed by atoms with E-state index in [1.165, 1.54) is 6.42 Å². The van der Waals surface area contributed by atoms with Crippen LogP contribution in [0.1, 0.15) is 33.1 Å². The third-order valence-electron chi connectivity index (χ3n) is 3.72. The molecule has 3 rings (SSSR count). The Morgan fingerprint density at radius 3 is 2.87 bits per heavy atom. The van der Waals surface area contributed by atoms with Gasteiger partial charge in [-0.3, -0.25) is 4.99 Å². The van der Waals surface area contributed by atoms with E-state index in [0.717, 1.165) is 45.8 Å². The Labute approximate surface area is 139 Å². The van der Waals surface area contributed by atoms with Crippen molar-refractivity contribution in [1.82, 2.24) is 4.68 Å². The van der Waals surface area contributed by atoms with E-state index in [1.807, 2.05) is 22.9 Å². The number of fused-ring (bicyclic) bond motifs is 1. The molecule has 2 aromatic heterocycles. The van der Waals surface area contributed by atoms with Crippen LogP contribution in [0.5, 0.6) is 0 Å². The predicted octanol–water partition coefficient (Wildman–Crippen LogP) is 4.91. The summed E-state index contributed by atoms with van der Waals surface area (Å²) in [7, 11) is 1.79. The lowest BCUT2D eigenvalue weighted by molar-refractivity contribution is 0.621. The molecule has 0 N–H and O–H groups in total. The first-order valence-corrected chi connectivity index (χ1v) is 8.77. The van der Waals surface area contributed by atoms with Crippen LogP contribution in [0.25, 0.3) is 22.4 Å². The molecule has 0 amide bonds. The monoisotopic (exact) mass is 327 g/mol. The van der Waals surface area contributed by atoms with Crippen molar-refractivity contribution < 1.29 is 4.42 Å². The molecule has 120 valence electrons. The fourth-order valence-corrected chi connectivity index (χ4v) is 3.26. The highest BCUT2D eigenvalue weighted by Crippen LogP contribution is 2.28. The number of thiazole rings is 1. The van der Waals surface area contributed by atoms with Gasteiger partial charge in [0.25, 0.3) is 0 Å². The first kappa shape index (κ1) is 15.7. The minimum atomic E-state index is 0.824. The van der Waals surface area contributed by atoms with Crippen molar-refractivity contribution in [2.75, 3.05) is 7.05 Å². The highest BCUT2D eigenvalue weighted by atomic mass is 32.1. The van der Waals surface area contributed by atoms with Gasteiger partial charge >= 0.3 is 0 Å². The first-order chi connectivity index (χ1) is 11.2. The standard InChI is InChI=1S/C18H21N3OS/c1-4-5-8-13(2)20-21-15(12-23-18(21)19-3)17-11-14-9-6-7-10-16(14)22-17/h6-7,9-12H,4-5,8H2,1-3H3. The van der Waals surface area contributed by atoms with Crippen molar-refractivity contribution in [2.45, 2.75) is 33.1 Å². The van der Waals surface area contributed by atoms with Crippen LogP contribution in [0.2, 0.25) is 0 Å². The lowest BCUT2D eigenvalue weighted by atomic mass is 10.2. The molecule has 0 unspecified atom stereocenters. The zero-order chi connectivity index (χ0) is 16.2. The first-order valence-electron chi connectivity index (χ1n) is 7.89. The number of hydrogen-bond acceptors (Lipinski definition) is 4. The fourth-order valence-electron chi connectivity index (χ4n) is 2.48. The van der Waals surface area contributed by atoms with Crippen LogP contribution in [0.15, 0.2) is 50.2 Å². The van der Waals surface area contributed by atoms with Gasteiger partial charge in [-0.25, -0.2) is 4.68 Å². The molecular weight excluding hydrogens is 306 g/mol. The van der Waals surface area contributed by atoms with E-state index in [0.29, 0.717) is 0 Å². The van der Waals surface area contributed by atoms with Gasteiger partial charge in [0, 0.05) is 23.5 Å². The number of hydrogen-bond donors (Lipinski definition) is 0. The molecule has 3 aromatic rings. The number of unbranched alkanes of at least 4 members (excludes halogenated alkanes) is 1. The van der Waals surface area contributed by atoms with E-state index in [2.05, 4.69) is 36.4 Å². The van der Waals surface area contributed by atoms with Crippen molar-refractivity contribution in [2.24, 2.45) is 10.1 Å². The Morgan fingerprint density at radius 2 is 2.13 bits per heavy atom. The highest BCUT2D eigenvalue weighted by molar-refractivity contribution is 7.07. The second kappa shape index (κ2) is 6.96. The lowest BCUT2D eigenvalue weighted by Crippen LogP contribution is -2.13. The third-order valence-corrected chi connectivity index (χ3v) is 4.62. The summed E-state index contributed by atoms with van der Waals surface area (Å²) >= 11 is 1.58. The fraction of sp³-hybridized carbons (Fsp3) is 0.333. The molecule has 5 heteroatoms. The molecule has 0 aliphatic heterocycles. The van der Waals surface area contributed by atoms with E-state index in [4.69, 9.17) is 9.52 Å². The molecule has 4 nitrogen and oxygen atoms in total. The van der Waals surface area contributed by atoms with E-state index < -0.39 is 0 Å². The summed E-state index contributed by atoms with van der Waals surface area (Å²) in [6.07, 6.45) is 3.32. The van der Waals surface area contributed by atoms with E-state index in [1.54, 1.807) is 18.4 Å². The van der Waals surface area contributed by atoms with Crippen molar-refractivity contribution in [3.05, 3.63) is 40.5 Å². The summed E-state index contributed by atoms with van der Waals surface area (Å²) in [4.78, 5) is 5.21. The van der Waals surface area contributed by atoms with Gasteiger partial charge in [0.1, 0.15) is 11.3 Å². The van der Waals surface area contributed by atoms with Crippen molar-refractivity contribution in [1.29, 1.82) is 0 Å². The van der Waals surface area contributed by atoms with Gasteiger partial charge in [-0.05, 0) is 31.9 Å². The summed E-state index contributed by atoms with van der Waals surface area (Å²) in [5.74, 6) is 0.824. The van der Waals surface area contributed by atoms with Gasteiger partial charge in [-0.2, -0.15) is 5.10 Å². The zero-order valence-electron chi connectivity index (χ0n) is 13.7. The third kappa shape index (κ3) is 3.29. The second-order valence-electron chi connectivity index (χ2n) is 5.53. The van der Waals surface area contributed by atoms with Crippen LogP contribution in [-0.2, 0) is 0 Å². The van der Waals surface area contributed by atoms with Gasteiger partial charge in [-0.15, -0.1) is 11.3 Å². The maximum absolute atomic E-state index is 5.99. The predicted molar refractivity (Wildman–Crippen MR) is 97.0 cm³/mol. The molecule has 0 saturated carbocycles. The Balaban J connectivity index is 2.08. The maximum atomic E-state index is 5.99. The lowest BCUT2D eigenvalue weighted by Gasteiger charge is -2.03. The van der Waals surface area contributed by atoms with E-state index >= 15 is 0 Å². The summed E-state index contributed by atoms with van der Waals surface area (Å²) in [5, 5.41) is 7.92. The second-order valence-corrected chi connectivity index (χ2v) is 6.36. The van der Waals surface area contributed by atoms with Gasteiger partial charge in [0.05, 0.1) is 0 Å². The summed E-state index contributed by atoms with van der Waals surface area (Å²) in [6, 6.07) is 10.1. The molecule has 0 spiro atoms. The summed E-state index contributed by atoms with van der Waals surface area (Å²) in [5.41, 5.74) is 2.95. The van der Waals surface area contributed by atoms with Crippen molar-refractivity contribution >= 4 is 28.0 Å². The Morgan fingerprint density at radius 1 is 1.30 bits per heavy atom. The Hall–Kier alpha value is -2.14. The molecule has 0 atom stereocenters. The maximum Gasteiger partial charge on any atom is 0.206 e. The van der Waals surface area contributed by atoms with Gasteiger partial charge in [-0.1, -0.05) is 31.5 Å². The minimum absolute atomic E-state index is 0.824. The Bertz CT molecular complexity index is 865. The molecule has 1 aromatic carbocycles. The number of benzene rings is 1. The molecule has 0 aliphatic carbocycles. The molecule has 0 aliphatic rings. The molecular formula is C18H21N3OS. The SMILES string of the molecule is CCCCC(C)=Nn1c(-c2cc3ccccc3o2)csc1=NC. The van der Waals surface area contributed by atoms with Gasteiger partial charge < -0.3 is 4.42 Å². The van der Waals surface area contributed by atoms with Crippen LogP contribution in [0, 0.1) is 0 Å². The topological polar surface area (TPSA) is 42.8 Å². The van der Waals surface area contributed by atoms with Crippen molar-refractivity contribution in [3.63, 3.8) is 0 Å². The molecule has 23 heavy (non-hydrogen) atoms. The largest absolute Gasteiger partial charge is 0.454 e. The number of nitrogens with zero attached hydrogens (tertiary/aromatic N) is 3. The van der Waals surface area contributed by atoms with Crippen LogP contribution in [-0.4, -0.2) is 17.4 Å². The van der Waals surface area contributed by atoms with Gasteiger partial charge in [0.2, 0.25) is 4.80 Å². The van der Waals surface area contributed by atoms with Crippen LogP contribution < -0.4 is 4.80 Å². The van der Waals surface area contributed by atoms with Crippen LogP contribution in [0.4, 0.5) is 0 Å². The summed E-state index contributed by atoms with van der Waals surface area (Å²) < 4.78 is 7.89. The average Bonchev–Trinajstić information content (AvgIpc) is 3.15. The summed E-state index contributed by atoms with van der Waals surface area (Å²) in [6.45, 7) is 4.26. The Kier molecular flexibility index (Phi) is 4.76. The quantitative estimate of drug-likeness (QED) is 0.614. The van der Waals surface area contributed by atoms with Crippen molar-refractivity contribution in [3.8, 4) is 11.5 Å². The number of aromatic nitrogens is 1. The van der Waals surface area contributed by atoms with Gasteiger partial charge in [0.15, 0.2) is 5.76 Å². The number of furan rings is 1. The molecule has 0 saturated heterocycles. The normalized spacial score (nSPS) is 13.2. The molecule has 0 radical (unpaired) electrons. The zero-order valence-corrected chi connectivity index (χ0v) is 14.6. The highest BCUT2D eigenvalue weighted by Gasteiger charge is 2.12. The molecule has 0 bridgehead atoms. The van der Waals surface area contributed by atoms with Crippen LogP contribution >= 0.6 is 11.3 Å². The average molecular weight is 327 g/mol. The van der Waals surface area contributed by atoms with Crippen LogP contribution in [0.3, 0.4) is 0 Å². The number of rotatable bonds is 5.